The second-order valence-corrected chi connectivity index (χ2v) is 7.66. The average Bonchev–Trinajstić information content (AvgIpc) is 3.13. The molecule has 0 radical (unpaired) electrons. The van der Waals surface area contributed by atoms with Crippen LogP contribution >= 0.6 is 0 Å². The molecule has 1 fully saturated rings. The number of fused-ring (bicyclic) bond motifs is 2. The van der Waals surface area contributed by atoms with Crippen LogP contribution in [0.4, 0.5) is 5.82 Å². The Kier molecular flexibility index (Phi) is 4.65. The van der Waals surface area contributed by atoms with Crippen molar-refractivity contribution in [1.82, 2.24) is 19.5 Å². The molecule has 3 heterocycles. The number of anilines is 1. The van der Waals surface area contributed by atoms with Gasteiger partial charge in [-0.3, -0.25) is 0 Å². The Morgan fingerprint density at radius 1 is 0.933 bits per heavy atom. The molecule has 1 aliphatic heterocycles. The van der Waals surface area contributed by atoms with Crippen molar-refractivity contribution in [2.24, 2.45) is 0 Å². The van der Waals surface area contributed by atoms with Crippen LogP contribution in [-0.2, 0) is 0 Å². The highest BCUT2D eigenvalue weighted by molar-refractivity contribution is 5.92. The summed E-state index contributed by atoms with van der Waals surface area (Å²) < 4.78 is 13.3. The second-order valence-electron chi connectivity index (χ2n) is 7.66. The Bertz CT molecular complexity index is 1210. The summed E-state index contributed by atoms with van der Waals surface area (Å²) in [5.41, 5.74) is 3.15. The van der Waals surface area contributed by atoms with Gasteiger partial charge in [0.15, 0.2) is 11.5 Å². The third kappa shape index (κ3) is 3.01. The molecule has 154 valence electrons. The van der Waals surface area contributed by atoms with E-state index in [1.807, 2.05) is 18.2 Å². The van der Waals surface area contributed by atoms with E-state index in [4.69, 9.17) is 14.5 Å². The highest BCUT2D eigenvalue weighted by Crippen LogP contribution is 2.36. The Balaban J connectivity index is 1.44. The van der Waals surface area contributed by atoms with E-state index in [0.29, 0.717) is 17.5 Å². The molecule has 0 spiro atoms. The van der Waals surface area contributed by atoms with E-state index in [-0.39, 0.29) is 0 Å². The molecule has 0 unspecified atom stereocenters. The van der Waals surface area contributed by atoms with Crippen LogP contribution in [0.5, 0.6) is 11.5 Å². The normalized spacial score (nSPS) is 15.1. The Morgan fingerprint density at radius 3 is 2.43 bits per heavy atom. The minimum absolute atomic E-state index is 0.441. The van der Waals surface area contributed by atoms with Crippen molar-refractivity contribution in [3.63, 3.8) is 0 Å². The van der Waals surface area contributed by atoms with E-state index in [1.54, 1.807) is 20.5 Å². The van der Waals surface area contributed by atoms with E-state index in [1.165, 1.54) is 5.52 Å². The van der Waals surface area contributed by atoms with Crippen molar-refractivity contribution in [3.05, 3.63) is 48.5 Å². The Morgan fingerprint density at radius 2 is 1.67 bits per heavy atom. The smallest absolute Gasteiger partial charge is 0.162 e. The lowest BCUT2D eigenvalue weighted by molar-refractivity contribution is 0.355. The van der Waals surface area contributed by atoms with Gasteiger partial charge in [0.25, 0.3) is 0 Å². The van der Waals surface area contributed by atoms with E-state index in [0.717, 1.165) is 54.0 Å². The fourth-order valence-electron chi connectivity index (χ4n) is 4.58. The molecule has 2 aromatic carbocycles. The number of hydrogen-bond acceptors (Lipinski definition) is 6. The maximum atomic E-state index is 5.50. The molecular formula is C23H25N5O2. The second kappa shape index (κ2) is 7.48. The average molecular weight is 403 g/mol. The lowest BCUT2D eigenvalue weighted by atomic mass is 10.0. The first-order chi connectivity index (χ1) is 14.7. The number of rotatable bonds is 4. The molecule has 0 bridgehead atoms. The summed E-state index contributed by atoms with van der Waals surface area (Å²) in [7, 11) is 3.29. The van der Waals surface area contributed by atoms with Crippen molar-refractivity contribution in [1.29, 1.82) is 0 Å². The van der Waals surface area contributed by atoms with Gasteiger partial charge in [0.05, 0.1) is 30.8 Å². The molecule has 1 aliphatic rings. The van der Waals surface area contributed by atoms with Gasteiger partial charge in [0.2, 0.25) is 0 Å². The van der Waals surface area contributed by atoms with Gasteiger partial charge in [-0.15, -0.1) is 0 Å². The van der Waals surface area contributed by atoms with Crippen molar-refractivity contribution in [2.45, 2.75) is 25.8 Å². The lowest BCUT2D eigenvalue weighted by Crippen LogP contribution is -2.35. The molecule has 5 rings (SSSR count). The molecular weight excluding hydrogens is 378 g/mol. The van der Waals surface area contributed by atoms with Crippen molar-refractivity contribution in [3.8, 4) is 11.5 Å². The zero-order chi connectivity index (χ0) is 20.7. The van der Waals surface area contributed by atoms with E-state index in [9.17, 15) is 0 Å². The van der Waals surface area contributed by atoms with Crippen LogP contribution in [0.15, 0.2) is 42.7 Å². The van der Waals surface area contributed by atoms with E-state index in [2.05, 4.69) is 44.6 Å². The van der Waals surface area contributed by atoms with Crippen molar-refractivity contribution < 1.29 is 9.47 Å². The largest absolute Gasteiger partial charge is 0.493 e. The summed E-state index contributed by atoms with van der Waals surface area (Å²) in [6.07, 6.45) is 3.71. The Hall–Kier alpha value is -3.35. The first kappa shape index (κ1) is 18.7. The predicted molar refractivity (Wildman–Crippen MR) is 118 cm³/mol. The Labute approximate surface area is 175 Å². The number of piperidine rings is 1. The van der Waals surface area contributed by atoms with Gasteiger partial charge in [-0.25, -0.2) is 15.0 Å². The van der Waals surface area contributed by atoms with Crippen molar-refractivity contribution >= 4 is 27.8 Å². The van der Waals surface area contributed by atoms with Gasteiger partial charge in [-0.2, -0.15) is 0 Å². The molecule has 0 aliphatic carbocycles. The van der Waals surface area contributed by atoms with Gasteiger partial charge in [0, 0.05) is 30.6 Å². The van der Waals surface area contributed by atoms with Crippen LogP contribution in [0.2, 0.25) is 0 Å². The number of methoxy groups -OCH3 is 2. The zero-order valence-corrected chi connectivity index (χ0v) is 17.5. The summed E-state index contributed by atoms with van der Waals surface area (Å²) in [6.45, 7) is 3.96. The standard InChI is InChI=1S/C23H25N5O2/c1-15-26-18-6-4-5-7-20(18)28(15)16-8-10-27(11-9-16)23-17-12-21(29-2)22(30-3)13-19(17)24-14-25-23/h4-7,12-14,16H,8-11H2,1-3H3. The molecule has 7 heteroatoms. The first-order valence-corrected chi connectivity index (χ1v) is 10.2. The third-order valence-corrected chi connectivity index (χ3v) is 6.02. The fourth-order valence-corrected chi connectivity index (χ4v) is 4.58. The molecule has 1 saturated heterocycles. The number of para-hydroxylation sites is 2. The van der Waals surface area contributed by atoms with Crippen LogP contribution in [0.25, 0.3) is 21.9 Å². The number of ether oxygens (including phenoxy) is 2. The first-order valence-electron chi connectivity index (χ1n) is 10.2. The fraction of sp³-hybridized carbons (Fsp3) is 0.348. The van der Waals surface area contributed by atoms with Gasteiger partial charge >= 0.3 is 0 Å². The topological polar surface area (TPSA) is 65.3 Å². The minimum atomic E-state index is 0.441. The zero-order valence-electron chi connectivity index (χ0n) is 17.5. The summed E-state index contributed by atoms with van der Waals surface area (Å²) in [5, 5.41) is 0.984. The number of hydrogen-bond donors (Lipinski definition) is 0. The van der Waals surface area contributed by atoms with Crippen LogP contribution in [0, 0.1) is 6.92 Å². The van der Waals surface area contributed by atoms with Gasteiger partial charge < -0.3 is 18.9 Å². The highest BCUT2D eigenvalue weighted by atomic mass is 16.5. The molecule has 2 aromatic heterocycles. The van der Waals surface area contributed by atoms with Gasteiger partial charge in [0.1, 0.15) is 18.0 Å². The van der Waals surface area contributed by atoms with Crippen LogP contribution in [-0.4, -0.2) is 46.8 Å². The number of aryl methyl sites for hydroxylation is 1. The van der Waals surface area contributed by atoms with Crippen LogP contribution in [0.3, 0.4) is 0 Å². The maximum absolute atomic E-state index is 5.50. The molecule has 0 N–H and O–H groups in total. The molecule has 4 aromatic rings. The SMILES string of the molecule is COc1cc2ncnc(N3CCC(n4c(C)nc5ccccc54)CC3)c2cc1OC. The monoisotopic (exact) mass is 403 g/mol. The number of benzene rings is 2. The predicted octanol–water partition coefficient (Wildman–Crippen LogP) is 4.15. The van der Waals surface area contributed by atoms with Crippen LogP contribution in [0.1, 0.15) is 24.7 Å². The highest BCUT2D eigenvalue weighted by Gasteiger charge is 2.25. The number of aromatic nitrogens is 4. The quantitative estimate of drug-likeness (QED) is 0.510. The lowest BCUT2D eigenvalue weighted by Gasteiger charge is -2.34. The molecule has 0 saturated carbocycles. The van der Waals surface area contributed by atoms with Gasteiger partial charge in [-0.05, 0) is 38.0 Å². The molecule has 0 atom stereocenters. The number of nitrogens with zero attached hydrogens (tertiary/aromatic N) is 5. The van der Waals surface area contributed by atoms with Crippen molar-refractivity contribution in [2.75, 3.05) is 32.2 Å². The summed E-state index contributed by atoms with van der Waals surface area (Å²) >= 11 is 0. The molecule has 0 amide bonds. The maximum Gasteiger partial charge on any atom is 0.162 e. The molecule has 7 nitrogen and oxygen atoms in total. The third-order valence-electron chi connectivity index (χ3n) is 6.02. The summed E-state index contributed by atoms with van der Waals surface area (Å²) in [4.78, 5) is 16.1. The summed E-state index contributed by atoms with van der Waals surface area (Å²) in [5.74, 6) is 3.40. The molecule has 30 heavy (non-hydrogen) atoms. The van der Waals surface area contributed by atoms with Gasteiger partial charge in [-0.1, -0.05) is 12.1 Å². The van der Waals surface area contributed by atoms with E-state index < -0.39 is 0 Å². The summed E-state index contributed by atoms with van der Waals surface area (Å²) in [6, 6.07) is 12.7. The van der Waals surface area contributed by atoms with E-state index >= 15 is 0 Å². The number of imidazole rings is 1. The van der Waals surface area contributed by atoms with Crippen LogP contribution < -0.4 is 14.4 Å². The minimum Gasteiger partial charge on any atom is -0.493 e.